The third kappa shape index (κ3) is 4.35. The largest absolute Gasteiger partial charge is 0.337 e. The van der Waals surface area contributed by atoms with Gasteiger partial charge in [0.2, 0.25) is 0 Å². The van der Waals surface area contributed by atoms with E-state index < -0.39 is 17.1 Å². The molecule has 8 heteroatoms. The van der Waals surface area contributed by atoms with E-state index in [9.17, 15) is 18.8 Å². The smallest absolute Gasteiger partial charge is 0.317 e. The third-order valence-electron chi connectivity index (χ3n) is 5.91. The van der Waals surface area contributed by atoms with Gasteiger partial charge in [0.1, 0.15) is 5.82 Å². The van der Waals surface area contributed by atoms with Gasteiger partial charge in [-0.2, -0.15) is 0 Å². The second kappa shape index (κ2) is 9.21. The summed E-state index contributed by atoms with van der Waals surface area (Å²) in [6, 6.07) is 11.0. The standard InChI is InChI=1S/C26H27FN4O3/c1-16(2)11-12-30-25(33)23-24(31(26(30)34)20-8-6-19(27)7-9-20)28-15-29(23)14-22(32)21-10-5-17(3)13-18(21)4/h5-10,13,15-16H,11-12,14H2,1-4H3. The average Bonchev–Trinajstić information content (AvgIpc) is 3.18. The SMILES string of the molecule is Cc1ccc(C(=O)Cn2cnc3c2c(=O)n(CCC(C)C)c(=O)n3-c2ccc(F)cc2)c(C)c1. The summed E-state index contributed by atoms with van der Waals surface area (Å²) in [6.07, 6.45) is 2.03. The Labute approximate surface area is 196 Å². The van der Waals surface area contributed by atoms with Gasteiger partial charge in [-0.1, -0.05) is 37.6 Å². The fourth-order valence-corrected chi connectivity index (χ4v) is 4.07. The van der Waals surface area contributed by atoms with Crippen molar-refractivity contribution in [3.63, 3.8) is 0 Å². The van der Waals surface area contributed by atoms with Gasteiger partial charge in [0, 0.05) is 12.1 Å². The molecule has 0 radical (unpaired) electrons. The molecule has 2 aromatic heterocycles. The van der Waals surface area contributed by atoms with Gasteiger partial charge in [0.15, 0.2) is 16.9 Å². The van der Waals surface area contributed by atoms with Crippen LogP contribution in [-0.2, 0) is 13.1 Å². The zero-order valence-electron chi connectivity index (χ0n) is 19.7. The van der Waals surface area contributed by atoms with Crippen LogP contribution in [-0.4, -0.2) is 24.5 Å². The van der Waals surface area contributed by atoms with Crippen LogP contribution in [0.5, 0.6) is 0 Å². The number of imidazole rings is 1. The van der Waals surface area contributed by atoms with E-state index in [1.807, 2.05) is 39.8 Å². The summed E-state index contributed by atoms with van der Waals surface area (Å²) in [4.78, 5) is 44.2. The molecule has 176 valence electrons. The van der Waals surface area contributed by atoms with E-state index in [2.05, 4.69) is 4.98 Å². The molecule has 0 saturated carbocycles. The van der Waals surface area contributed by atoms with Crippen LogP contribution < -0.4 is 11.2 Å². The lowest BCUT2D eigenvalue weighted by Crippen LogP contribution is -2.40. The summed E-state index contributed by atoms with van der Waals surface area (Å²) in [5, 5.41) is 0. The van der Waals surface area contributed by atoms with E-state index in [0.29, 0.717) is 17.7 Å². The van der Waals surface area contributed by atoms with Crippen molar-refractivity contribution in [2.75, 3.05) is 0 Å². The quantitative estimate of drug-likeness (QED) is 0.389. The van der Waals surface area contributed by atoms with E-state index in [1.54, 1.807) is 6.07 Å². The molecule has 0 aliphatic heterocycles. The maximum atomic E-state index is 13.5. The summed E-state index contributed by atoms with van der Waals surface area (Å²) < 4.78 is 17.5. The maximum Gasteiger partial charge on any atom is 0.337 e. The van der Waals surface area contributed by atoms with Gasteiger partial charge in [-0.25, -0.2) is 18.7 Å². The number of carbonyl (C=O) groups is 1. The Kier molecular flexibility index (Phi) is 6.32. The highest BCUT2D eigenvalue weighted by atomic mass is 19.1. The summed E-state index contributed by atoms with van der Waals surface area (Å²) in [5.74, 6) is -0.326. The topological polar surface area (TPSA) is 78.9 Å². The molecule has 0 atom stereocenters. The first-order valence-corrected chi connectivity index (χ1v) is 11.2. The number of rotatable bonds is 7. The Morgan fingerprint density at radius 3 is 2.41 bits per heavy atom. The molecule has 0 bridgehead atoms. The Hall–Kier alpha value is -3.81. The van der Waals surface area contributed by atoms with Gasteiger partial charge < -0.3 is 4.57 Å². The molecule has 0 spiro atoms. The lowest BCUT2D eigenvalue weighted by Gasteiger charge is -2.14. The zero-order chi connectivity index (χ0) is 24.6. The molecule has 0 fully saturated rings. The normalized spacial score (nSPS) is 11.5. The molecule has 7 nitrogen and oxygen atoms in total. The Morgan fingerprint density at radius 2 is 1.76 bits per heavy atom. The molecule has 0 amide bonds. The van der Waals surface area contributed by atoms with Crippen LogP contribution in [0.1, 0.15) is 41.8 Å². The molecular weight excluding hydrogens is 435 g/mol. The van der Waals surface area contributed by atoms with E-state index in [0.717, 1.165) is 11.1 Å². The van der Waals surface area contributed by atoms with Gasteiger partial charge in [0.05, 0.1) is 18.6 Å². The van der Waals surface area contributed by atoms with Crippen molar-refractivity contribution in [2.24, 2.45) is 5.92 Å². The fraction of sp³-hybridized carbons (Fsp3) is 0.308. The van der Waals surface area contributed by atoms with Crippen LogP contribution in [0.15, 0.2) is 58.4 Å². The predicted octanol–water partition coefficient (Wildman–Crippen LogP) is 4.03. The highest BCUT2D eigenvalue weighted by Crippen LogP contribution is 2.17. The van der Waals surface area contributed by atoms with Gasteiger partial charge >= 0.3 is 5.69 Å². The molecule has 0 aliphatic carbocycles. The maximum absolute atomic E-state index is 13.5. The zero-order valence-corrected chi connectivity index (χ0v) is 19.7. The number of hydrogen-bond donors (Lipinski definition) is 0. The monoisotopic (exact) mass is 462 g/mol. The van der Waals surface area contributed by atoms with Gasteiger partial charge in [-0.05, 0) is 56.0 Å². The molecule has 4 rings (SSSR count). The van der Waals surface area contributed by atoms with Crippen molar-refractivity contribution in [1.29, 1.82) is 0 Å². The number of aryl methyl sites for hydroxylation is 2. The summed E-state index contributed by atoms with van der Waals surface area (Å²) in [6.45, 7) is 7.98. The molecular formula is C26H27FN4O3. The minimum Gasteiger partial charge on any atom is -0.317 e. The number of nitrogens with zero attached hydrogens (tertiary/aromatic N) is 4. The lowest BCUT2D eigenvalue weighted by atomic mass is 10.0. The van der Waals surface area contributed by atoms with Crippen LogP contribution in [0.2, 0.25) is 0 Å². The molecule has 0 unspecified atom stereocenters. The van der Waals surface area contributed by atoms with Gasteiger partial charge in [-0.15, -0.1) is 0 Å². The van der Waals surface area contributed by atoms with E-state index in [4.69, 9.17) is 0 Å². The van der Waals surface area contributed by atoms with Crippen molar-refractivity contribution in [2.45, 2.75) is 47.2 Å². The summed E-state index contributed by atoms with van der Waals surface area (Å²) in [7, 11) is 0. The number of aromatic nitrogens is 4. The van der Waals surface area contributed by atoms with E-state index in [1.165, 1.54) is 44.3 Å². The first-order chi connectivity index (χ1) is 16.2. The summed E-state index contributed by atoms with van der Waals surface area (Å²) in [5.41, 5.74) is 2.12. The first-order valence-electron chi connectivity index (χ1n) is 11.2. The van der Waals surface area contributed by atoms with Gasteiger partial charge in [-0.3, -0.25) is 14.2 Å². The number of ketones is 1. The Bertz CT molecular complexity index is 1490. The van der Waals surface area contributed by atoms with Crippen molar-refractivity contribution < 1.29 is 9.18 Å². The van der Waals surface area contributed by atoms with Crippen LogP contribution >= 0.6 is 0 Å². The summed E-state index contributed by atoms with van der Waals surface area (Å²) >= 11 is 0. The molecule has 0 aliphatic rings. The predicted molar refractivity (Wildman–Crippen MR) is 129 cm³/mol. The fourth-order valence-electron chi connectivity index (χ4n) is 4.07. The number of fused-ring (bicyclic) bond motifs is 1. The number of benzene rings is 2. The highest BCUT2D eigenvalue weighted by Gasteiger charge is 2.21. The minimum atomic E-state index is -0.546. The lowest BCUT2D eigenvalue weighted by molar-refractivity contribution is 0.0972. The number of hydrogen-bond acceptors (Lipinski definition) is 4. The average molecular weight is 463 g/mol. The van der Waals surface area contributed by atoms with Crippen LogP contribution in [0, 0.1) is 25.6 Å². The number of halogens is 1. The van der Waals surface area contributed by atoms with Crippen molar-refractivity contribution in [3.8, 4) is 5.69 Å². The van der Waals surface area contributed by atoms with Crippen LogP contribution in [0.3, 0.4) is 0 Å². The second-order valence-corrected chi connectivity index (χ2v) is 9.02. The van der Waals surface area contributed by atoms with Crippen molar-refractivity contribution in [1.82, 2.24) is 18.7 Å². The number of Topliss-reactive ketones (excluding diaryl/α,β-unsaturated/α-hetero) is 1. The Balaban J connectivity index is 1.89. The van der Waals surface area contributed by atoms with Crippen LogP contribution in [0.4, 0.5) is 4.39 Å². The van der Waals surface area contributed by atoms with Crippen LogP contribution in [0.25, 0.3) is 16.9 Å². The second-order valence-electron chi connectivity index (χ2n) is 9.02. The van der Waals surface area contributed by atoms with Crippen molar-refractivity contribution in [3.05, 3.63) is 92.1 Å². The number of carbonyl (C=O) groups excluding carboxylic acids is 1. The first kappa shape index (κ1) is 23.4. The molecule has 0 saturated heterocycles. The van der Waals surface area contributed by atoms with Gasteiger partial charge in [0.25, 0.3) is 5.56 Å². The van der Waals surface area contributed by atoms with E-state index >= 15 is 0 Å². The minimum absolute atomic E-state index is 0.0958. The molecule has 4 aromatic rings. The molecule has 0 N–H and O–H groups in total. The van der Waals surface area contributed by atoms with Crippen molar-refractivity contribution >= 4 is 16.9 Å². The Morgan fingerprint density at radius 1 is 1.06 bits per heavy atom. The molecule has 2 aromatic carbocycles. The molecule has 34 heavy (non-hydrogen) atoms. The third-order valence-corrected chi connectivity index (χ3v) is 5.91. The van der Waals surface area contributed by atoms with E-state index in [-0.39, 0.29) is 36.0 Å². The molecule has 2 heterocycles. The highest BCUT2D eigenvalue weighted by molar-refractivity contribution is 5.98.